The lowest BCUT2D eigenvalue weighted by molar-refractivity contribution is -0.143. The van der Waals surface area contributed by atoms with E-state index >= 15 is 0 Å². The van der Waals surface area contributed by atoms with E-state index in [2.05, 4.69) is 10.5 Å². The molecule has 0 aliphatic carbocycles. The van der Waals surface area contributed by atoms with E-state index in [1.807, 2.05) is 24.4 Å². The Morgan fingerprint density at radius 1 is 0.857 bits per heavy atom. The third kappa shape index (κ3) is 5.00. The Balaban J connectivity index is 1.54. The molecule has 0 bridgehead atoms. The lowest BCUT2D eigenvalue weighted by Gasteiger charge is -2.15. The van der Waals surface area contributed by atoms with Gasteiger partial charge in [-0.2, -0.15) is 26.3 Å². The zero-order valence-electron chi connectivity index (χ0n) is 17.8. The molecule has 0 spiro atoms. The average molecular weight is 494 g/mol. The molecule has 0 radical (unpaired) electrons. The quantitative estimate of drug-likeness (QED) is 0.266. The highest BCUT2D eigenvalue weighted by molar-refractivity contribution is 6.03. The van der Waals surface area contributed by atoms with Gasteiger partial charge in [0.15, 0.2) is 11.4 Å². The number of halogens is 6. The first-order valence-corrected chi connectivity index (χ1v) is 9.95. The van der Waals surface area contributed by atoms with Gasteiger partial charge in [-0.1, -0.05) is 29.4 Å². The van der Waals surface area contributed by atoms with Gasteiger partial charge < -0.3 is 20.9 Å². The Kier molecular flexibility index (Phi) is 5.83. The van der Waals surface area contributed by atoms with Crippen molar-refractivity contribution in [3.63, 3.8) is 0 Å². The summed E-state index contributed by atoms with van der Waals surface area (Å²) in [4.78, 5) is 12.3. The normalized spacial score (nSPS) is 12.1. The first-order valence-electron chi connectivity index (χ1n) is 9.95. The average Bonchev–Trinajstić information content (AvgIpc) is 3.16. The molecule has 0 fully saturated rings. The summed E-state index contributed by atoms with van der Waals surface area (Å²) in [7, 11) is 0. The molecular formula is C23H16F6N4O2. The number of hydrogen-bond donors (Lipinski definition) is 3. The lowest BCUT2D eigenvalue weighted by atomic mass is 9.99. The summed E-state index contributed by atoms with van der Waals surface area (Å²) >= 11 is 0. The maximum Gasteiger partial charge on any atom is 0.416 e. The zero-order chi connectivity index (χ0) is 25.5. The standard InChI is InChI=1S/C23H16F6N4O2/c1-11-2-7-17(18-19(11)35-33-20(18)30)12-3-5-15(6-4-12)31-21(34)32-16-9-13(22(24,25)26)8-14(10-16)23(27,28)29/h2-10H,1H3,(H2,30,33)(H2,31,32,34). The van der Waals surface area contributed by atoms with Gasteiger partial charge in [-0.05, 0) is 53.9 Å². The van der Waals surface area contributed by atoms with Crippen LogP contribution in [0.15, 0.2) is 59.1 Å². The van der Waals surface area contributed by atoms with Gasteiger partial charge in [0, 0.05) is 11.4 Å². The van der Waals surface area contributed by atoms with Crippen molar-refractivity contribution in [1.29, 1.82) is 0 Å². The molecule has 0 aliphatic rings. The predicted molar refractivity (Wildman–Crippen MR) is 118 cm³/mol. The van der Waals surface area contributed by atoms with Gasteiger partial charge in [-0.15, -0.1) is 0 Å². The number of nitrogens with two attached hydrogens (primary N) is 1. The molecule has 4 N–H and O–H groups in total. The van der Waals surface area contributed by atoms with Crippen molar-refractivity contribution >= 4 is 34.2 Å². The van der Waals surface area contributed by atoms with Gasteiger partial charge in [0.2, 0.25) is 0 Å². The molecule has 0 aliphatic heterocycles. The van der Waals surface area contributed by atoms with Crippen molar-refractivity contribution in [3.05, 3.63) is 71.3 Å². The smallest absolute Gasteiger partial charge is 0.380 e. The number of carbonyl (C=O) groups is 1. The van der Waals surface area contributed by atoms with Crippen molar-refractivity contribution in [3.8, 4) is 11.1 Å². The van der Waals surface area contributed by atoms with E-state index in [-0.39, 0.29) is 17.6 Å². The van der Waals surface area contributed by atoms with Crippen LogP contribution in [0, 0.1) is 6.92 Å². The van der Waals surface area contributed by atoms with E-state index in [4.69, 9.17) is 10.3 Å². The highest BCUT2D eigenvalue weighted by Gasteiger charge is 2.37. The van der Waals surface area contributed by atoms with Crippen LogP contribution in [0.1, 0.15) is 16.7 Å². The molecule has 6 nitrogen and oxygen atoms in total. The number of alkyl halides is 6. The summed E-state index contributed by atoms with van der Waals surface area (Å²) in [5, 5.41) is 8.78. The van der Waals surface area contributed by atoms with E-state index in [0.29, 0.717) is 28.7 Å². The number of nitrogens with zero attached hydrogens (tertiary/aromatic N) is 1. The Morgan fingerprint density at radius 2 is 1.43 bits per heavy atom. The number of anilines is 3. The summed E-state index contributed by atoms with van der Waals surface area (Å²) in [6.45, 7) is 1.84. The Labute approximate surface area is 193 Å². The molecule has 12 heteroatoms. The van der Waals surface area contributed by atoms with E-state index < -0.39 is 35.2 Å². The minimum Gasteiger partial charge on any atom is -0.380 e. The number of benzene rings is 3. The molecule has 4 rings (SSSR count). The number of fused-ring (bicyclic) bond motifs is 1. The van der Waals surface area contributed by atoms with Crippen molar-refractivity contribution in [2.24, 2.45) is 0 Å². The fraction of sp³-hybridized carbons (Fsp3) is 0.130. The Morgan fingerprint density at radius 3 is 2.00 bits per heavy atom. The number of rotatable bonds is 3. The van der Waals surface area contributed by atoms with E-state index in [9.17, 15) is 31.1 Å². The van der Waals surface area contributed by atoms with Crippen molar-refractivity contribution in [2.75, 3.05) is 16.4 Å². The third-order valence-corrected chi connectivity index (χ3v) is 5.15. The number of aryl methyl sites for hydroxylation is 1. The van der Waals surface area contributed by atoms with Crippen molar-refractivity contribution < 1.29 is 35.7 Å². The monoisotopic (exact) mass is 494 g/mol. The van der Waals surface area contributed by atoms with Crippen LogP contribution in [-0.2, 0) is 12.4 Å². The number of nitrogen functional groups attached to an aromatic ring is 1. The molecule has 0 saturated heterocycles. The van der Waals surface area contributed by atoms with Gasteiger partial charge >= 0.3 is 18.4 Å². The second-order valence-electron chi connectivity index (χ2n) is 7.65. The SMILES string of the molecule is Cc1ccc(-c2ccc(NC(=O)Nc3cc(C(F)(F)F)cc(C(F)(F)F)c3)cc2)c2c(N)noc12. The first kappa shape index (κ1) is 23.9. The van der Waals surface area contributed by atoms with Crippen LogP contribution in [0.2, 0.25) is 0 Å². The van der Waals surface area contributed by atoms with E-state index in [0.717, 1.165) is 11.1 Å². The maximum absolute atomic E-state index is 13.0. The van der Waals surface area contributed by atoms with Crippen LogP contribution >= 0.6 is 0 Å². The maximum atomic E-state index is 13.0. The van der Waals surface area contributed by atoms with Gasteiger partial charge in [-0.25, -0.2) is 4.79 Å². The minimum atomic E-state index is -5.03. The fourth-order valence-corrected chi connectivity index (χ4v) is 3.49. The van der Waals surface area contributed by atoms with Crippen LogP contribution in [-0.4, -0.2) is 11.2 Å². The number of hydrogen-bond acceptors (Lipinski definition) is 4. The summed E-state index contributed by atoms with van der Waals surface area (Å²) in [6, 6.07) is 9.77. The number of carbonyl (C=O) groups excluding carboxylic acids is 1. The predicted octanol–water partition coefficient (Wildman–Crippen LogP) is 7.07. The fourth-order valence-electron chi connectivity index (χ4n) is 3.49. The summed E-state index contributed by atoms with van der Waals surface area (Å²) in [5.74, 6) is 0.208. The molecule has 2 amide bonds. The van der Waals surface area contributed by atoms with Gasteiger partial charge in [0.1, 0.15) is 0 Å². The lowest BCUT2D eigenvalue weighted by Crippen LogP contribution is -2.20. The van der Waals surface area contributed by atoms with Crippen LogP contribution in [0.5, 0.6) is 0 Å². The molecule has 1 aromatic heterocycles. The summed E-state index contributed by atoms with van der Waals surface area (Å²) in [5.41, 5.74) is 5.23. The minimum absolute atomic E-state index is 0.0217. The van der Waals surface area contributed by atoms with Crippen LogP contribution in [0.4, 0.5) is 48.3 Å². The summed E-state index contributed by atoms with van der Waals surface area (Å²) in [6.07, 6.45) is -10.1. The molecule has 182 valence electrons. The van der Waals surface area contributed by atoms with Crippen LogP contribution < -0.4 is 16.4 Å². The van der Waals surface area contributed by atoms with Crippen molar-refractivity contribution in [1.82, 2.24) is 5.16 Å². The Bertz CT molecular complexity index is 1380. The van der Waals surface area contributed by atoms with Crippen LogP contribution in [0.25, 0.3) is 22.1 Å². The number of aromatic nitrogens is 1. The molecule has 0 saturated carbocycles. The molecule has 4 aromatic rings. The Hall–Kier alpha value is -4.22. The second kappa shape index (κ2) is 8.53. The number of nitrogens with one attached hydrogen (secondary N) is 2. The van der Waals surface area contributed by atoms with E-state index in [1.54, 1.807) is 12.1 Å². The highest BCUT2D eigenvalue weighted by Crippen LogP contribution is 2.38. The van der Waals surface area contributed by atoms with Gasteiger partial charge in [-0.3, -0.25) is 0 Å². The first-order chi connectivity index (χ1) is 16.3. The largest absolute Gasteiger partial charge is 0.416 e. The molecule has 1 heterocycles. The van der Waals surface area contributed by atoms with E-state index in [1.165, 1.54) is 12.1 Å². The topological polar surface area (TPSA) is 93.2 Å². The number of amides is 2. The van der Waals surface area contributed by atoms with Gasteiger partial charge in [0.25, 0.3) is 0 Å². The van der Waals surface area contributed by atoms with Crippen molar-refractivity contribution in [2.45, 2.75) is 19.3 Å². The molecule has 0 unspecified atom stereocenters. The van der Waals surface area contributed by atoms with Crippen LogP contribution in [0.3, 0.4) is 0 Å². The van der Waals surface area contributed by atoms with Gasteiger partial charge in [0.05, 0.1) is 16.5 Å². The second-order valence-corrected chi connectivity index (χ2v) is 7.65. The zero-order valence-corrected chi connectivity index (χ0v) is 17.8. The number of urea groups is 1. The summed E-state index contributed by atoms with van der Waals surface area (Å²) < 4.78 is 83.3. The highest BCUT2D eigenvalue weighted by atomic mass is 19.4. The molecule has 0 atom stereocenters. The molecule has 35 heavy (non-hydrogen) atoms. The third-order valence-electron chi connectivity index (χ3n) is 5.15. The molecule has 3 aromatic carbocycles. The molecular weight excluding hydrogens is 478 g/mol.